The molecule has 2 aromatic heterocycles. The Morgan fingerprint density at radius 3 is 2.26 bits per heavy atom. The number of hydrogen-bond acceptors (Lipinski definition) is 5. The molecule has 0 aliphatic carbocycles. The van der Waals surface area contributed by atoms with Crippen LogP contribution in [0.3, 0.4) is 0 Å². The molecule has 144 valence electrons. The number of ether oxygens (including phenoxy) is 1. The molecule has 0 aliphatic rings. The molecule has 27 heavy (non-hydrogen) atoms. The zero-order chi connectivity index (χ0) is 18.7. The molecule has 3 aromatic rings. The van der Waals surface area contributed by atoms with Crippen LogP contribution >= 0.6 is 11.3 Å². The molecule has 1 aromatic carbocycles. The number of aromatic nitrogens is 2. The van der Waals surface area contributed by atoms with E-state index < -0.39 is 0 Å². The first kappa shape index (κ1) is 19.6. The van der Waals surface area contributed by atoms with Crippen molar-refractivity contribution in [2.45, 2.75) is 58.3 Å². The highest BCUT2D eigenvalue weighted by Gasteiger charge is 2.11. The number of rotatable bonds is 12. The fourth-order valence-electron chi connectivity index (χ4n) is 2.96. The third-order valence-corrected chi connectivity index (χ3v) is 5.38. The third-order valence-electron chi connectivity index (χ3n) is 4.52. The van der Waals surface area contributed by atoms with E-state index in [0.29, 0.717) is 11.8 Å². The normalized spacial score (nSPS) is 11.0. The number of thiophene rings is 1. The minimum absolute atomic E-state index is 0.535. The third kappa shape index (κ3) is 6.21. The Labute approximate surface area is 165 Å². The Balaban J connectivity index is 1.38. The zero-order valence-electron chi connectivity index (χ0n) is 16.0. The highest BCUT2D eigenvalue weighted by molar-refractivity contribution is 7.13. The number of nitrogens with zero attached hydrogens (tertiary/aromatic N) is 2. The van der Waals surface area contributed by atoms with Gasteiger partial charge in [-0.15, -0.1) is 21.5 Å². The van der Waals surface area contributed by atoms with E-state index in [-0.39, 0.29) is 0 Å². The second-order valence-electron chi connectivity index (χ2n) is 6.74. The summed E-state index contributed by atoms with van der Waals surface area (Å²) in [4.78, 5) is 0.985. The van der Waals surface area contributed by atoms with E-state index in [9.17, 15) is 0 Å². The SMILES string of the molecule is CCCCCCCCCCOc1ccc(-c2nnc(-c3cccs3)o2)cc1. The maximum absolute atomic E-state index is 5.84. The zero-order valence-corrected chi connectivity index (χ0v) is 16.8. The first-order valence-electron chi connectivity index (χ1n) is 9.97. The van der Waals surface area contributed by atoms with Crippen LogP contribution in [-0.2, 0) is 0 Å². The first-order valence-corrected chi connectivity index (χ1v) is 10.9. The summed E-state index contributed by atoms with van der Waals surface area (Å²) in [7, 11) is 0. The fourth-order valence-corrected chi connectivity index (χ4v) is 3.60. The van der Waals surface area contributed by atoms with Crippen molar-refractivity contribution in [3.63, 3.8) is 0 Å². The highest BCUT2D eigenvalue weighted by atomic mass is 32.1. The minimum Gasteiger partial charge on any atom is -0.494 e. The van der Waals surface area contributed by atoms with Crippen LogP contribution in [-0.4, -0.2) is 16.8 Å². The van der Waals surface area contributed by atoms with Crippen molar-refractivity contribution in [3.05, 3.63) is 41.8 Å². The first-order chi connectivity index (χ1) is 13.4. The number of benzene rings is 1. The quantitative estimate of drug-likeness (QED) is 0.316. The van der Waals surface area contributed by atoms with Crippen molar-refractivity contribution in [1.29, 1.82) is 0 Å². The Morgan fingerprint density at radius 1 is 0.852 bits per heavy atom. The molecular weight excluding hydrogens is 356 g/mol. The van der Waals surface area contributed by atoms with Crippen LogP contribution in [0.2, 0.25) is 0 Å². The molecule has 0 atom stereocenters. The van der Waals surface area contributed by atoms with Gasteiger partial charge in [0.25, 0.3) is 5.89 Å². The lowest BCUT2D eigenvalue weighted by Crippen LogP contribution is -1.97. The molecule has 0 amide bonds. The average molecular weight is 385 g/mol. The van der Waals surface area contributed by atoms with Gasteiger partial charge in [-0.2, -0.15) is 0 Å². The van der Waals surface area contributed by atoms with Crippen molar-refractivity contribution in [2.75, 3.05) is 6.61 Å². The lowest BCUT2D eigenvalue weighted by atomic mass is 10.1. The number of unbranched alkanes of at least 4 members (excludes halogenated alkanes) is 7. The van der Waals surface area contributed by atoms with Crippen molar-refractivity contribution in [3.8, 4) is 28.0 Å². The molecule has 2 heterocycles. The lowest BCUT2D eigenvalue weighted by molar-refractivity contribution is 0.304. The van der Waals surface area contributed by atoms with Crippen molar-refractivity contribution < 1.29 is 9.15 Å². The van der Waals surface area contributed by atoms with E-state index in [4.69, 9.17) is 9.15 Å². The van der Waals surface area contributed by atoms with E-state index in [1.165, 1.54) is 44.9 Å². The van der Waals surface area contributed by atoms with Crippen molar-refractivity contribution in [1.82, 2.24) is 10.2 Å². The van der Waals surface area contributed by atoms with Gasteiger partial charge in [-0.3, -0.25) is 0 Å². The standard InChI is InChI=1S/C22H28N2O2S/c1-2-3-4-5-6-7-8-9-16-25-19-14-12-18(13-15-19)21-23-24-22(26-21)20-11-10-17-27-20/h10-15,17H,2-9,16H2,1H3. The molecule has 0 aliphatic heterocycles. The van der Waals surface area contributed by atoms with Gasteiger partial charge in [0.2, 0.25) is 5.89 Å². The van der Waals surface area contributed by atoms with Gasteiger partial charge in [-0.25, -0.2) is 0 Å². The second-order valence-corrected chi connectivity index (χ2v) is 7.69. The Kier molecular flexibility index (Phi) is 7.90. The molecule has 4 nitrogen and oxygen atoms in total. The van der Waals surface area contributed by atoms with E-state index in [1.807, 2.05) is 41.8 Å². The molecule has 0 saturated carbocycles. The van der Waals surface area contributed by atoms with Gasteiger partial charge in [-0.1, -0.05) is 57.9 Å². The summed E-state index contributed by atoms with van der Waals surface area (Å²) < 4.78 is 11.6. The van der Waals surface area contributed by atoms with Crippen LogP contribution in [0.15, 0.2) is 46.2 Å². The Hall–Kier alpha value is -2.14. The van der Waals surface area contributed by atoms with Gasteiger partial charge >= 0.3 is 0 Å². The van der Waals surface area contributed by atoms with Gasteiger partial charge in [0.15, 0.2) is 0 Å². The van der Waals surface area contributed by atoms with Crippen LogP contribution in [0.4, 0.5) is 0 Å². The molecule has 0 radical (unpaired) electrons. The van der Waals surface area contributed by atoms with Crippen LogP contribution < -0.4 is 4.74 Å². The van der Waals surface area contributed by atoms with Crippen LogP contribution in [0.5, 0.6) is 5.75 Å². The smallest absolute Gasteiger partial charge is 0.258 e. The largest absolute Gasteiger partial charge is 0.494 e. The molecule has 0 fully saturated rings. The van der Waals surface area contributed by atoms with Crippen molar-refractivity contribution in [2.24, 2.45) is 0 Å². The molecular formula is C22H28N2O2S. The van der Waals surface area contributed by atoms with E-state index in [0.717, 1.165) is 29.2 Å². The summed E-state index contributed by atoms with van der Waals surface area (Å²) in [6, 6.07) is 11.8. The fraction of sp³-hybridized carbons (Fsp3) is 0.455. The highest BCUT2D eigenvalue weighted by Crippen LogP contribution is 2.27. The van der Waals surface area contributed by atoms with E-state index in [2.05, 4.69) is 17.1 Å². The summed E-state index contributed by atoms with van der Waals surface area (Å²) in [5, 5.41) is 10.3. The molecule has 3 rings (SSSR count). The van der Waals surface area contributed by atoms with Crippen LogP contribution in [0, 0.1) is 0 Å². The number of hydrogen-bond donors (Lipinski definition) is 0. The minimum atomic E-state index is 0.535. The van der Waals surface area contributed by atoms with Gasteiger partial charge < -0.3 is 9.15 Å². The van der Waals surface area contributed by atoms with Gasteiger partial charge in [0, 0.05) is 5.56 Å². The summed E-state index contributed by atoms with van der Waals surface area (Å²) in [5.41, 5.74) is 0.907. The van der Waals surface area contributed by atoms with E-state index in [1.54, 1.807) is 11.3 Å². The lowest BCUT2D eigenvalue weighted by Gasteiger charge is -2.06. The summed E-state index contributed by atoms with van der Waals surface area (Å²) in [5.74, 6) is 1.99. The molecule has 0 unspecified atom stereocenters. The van der Waals surface area contributed by atoms with Crippen LogP contribution in [0.25, 0.3) is 22.2 Å². The molecule has 0 bridgehead atoms. The molecule has 5 heteroatoms. The maximum Gasteiger partial charge on any atom is 0.258 e. The summed E-state index contributed by atoms with van der Waals surface area (Å²) >= 11 is 1.59. The molecule has 0 N–H and O–H groups in total. The van der Waals surface area contributed by atoms with Gasteiger partial charge in [0.1, 0.15) is 5.75 Å². The van der Waals surface area contributed by atoms with Gasteiger partial charge in [0.05, 0.1) is 11.5 Å². The summed E-state index contributed by atoms with van der Waals surface area (Å²) in [6.07, 6.45) is 10.5. The molecule has 0 spiro atoms. The van der Waals surface area contributed by atoms with Crippen molar-refractivity contribution >= 4 is 11.3 Å². The predicted molar refractivity (Wildman–Crippen MR) is 111 cm³/mol. The summed E-state index contributed by atoms with van der Waals surface area (Å²) in [6.45, 7) is 3.03. The molecule has 0 saturated heterocycles. The topological polar surface area (TPSA) is 48.2 Å². The van der Waals surface area contributed by atoms with Crippen LogP contribution in [0.1, 0.15) is 58.3 Å². The van der Waals surface area contributed by atoms with Gasteiger partial charge in [-0.05, 0) is 42.1 Å². The second kappa shape index (κ2) is 10.9. The Morgan fingerprint density at radius 2 is 1.56 bits per heavy atom. The monoisotopic (exact) mass is 384 g/mol. The van der Waals surface area contributed by atoms with E-state index >= 15 is 0 Å². The predicted octanol–water partition coefficient (Wildman–Crippen LogP) is 6.98. The Bertz CT molecular complexity index is 766. The maximum atomic E-state index is 5.84. The average Bonchev–Trinajstić information content (AvgIpc) is 3.39.